The number of carbonyl (C=O) groups excluding carboxylic acids is 1. The molecule has 1 aromatic carbocycles. The number of unbranched alkanes of at least 4 members (excludes halogenated alkanes) is 1. The SMILES string of the molecule is CCCCNC(=O)C1CCN(c2ccc3nnc(-c4cccc(C)c4)n3n2)CC1. The largest absolute Gasteiger partial charge is 0.356 e. The van der Waals surface area contributed by atoms with Crippen LogP contribution in [0, 0.1) is 12.8 Å². The first-order chi connectivity index (χ1) is 14.2. The molecule has 0 aliphatic carbocycles. The van der Waals surface area contributed by atoms with Gasteiger partial charge in [0.25, 0.3) is 0 Å². The highest BCUT2D eigenvalue weighted by Gasteiger charge is 2.25. The third-order valence-electron chi connectivity index (χ3n) is 5.54. The molecule has 0 radical (unpaired) electrons. The molecule has 1 N–H and O–H groups in total. The zero-order valence-corrected chi connectivity index (χ0v) is 17.1. The molecule has 3 aromatic rings. The van der Waals surface area contributed by atoms with Crippen molar-refractivity contribution in [1.29, 1.82) is 0 Å². The van der Waals surface area contributed by atoms with Crippen molar-refractivity contribution in [2.45, 2.75) is 39.5 Å². The van der Waals surface area contributed by atoms with Crippen LogP contribution < -0.4 is 10.2 Å². The smallest absolute Gasteiger partial charge is 0.223 e. The molecule has 1 aliphatic heterocycles. The lowest BCUT2D eigenvalue weighted by Gasteiger charge is -2.32. The monoisotopic (exact) mass is 392 g/mol. The summed E-state index contributed by atoms with van der Waals surface area (Å²) in [6.07, 6.45) is 3.84. The average molecular weight is 393 g/mol. The second-order valence-electron chi connectivity index (χ2n) is 7.76. The summed E-state index contributed by atoms with van der Waals surface area (Å²) in [6, 6.07) is 12.2. The van der Waals surface area contributed by atoms with Crippen LogP contribution in [0.4, 0.5) is 5.82 Å². The molecule has 152 valence electrons. The van der Waals surface area contributed by atoms with Gasteiger partial charge in [-0.1, -0.05) is 37.1 Å². The Morgan fingerprint density at radius 3 is 2.76 bits per heavy atom. The van der Waals surface area contributed by atoms with Crippen LogP contribution in [0.3, 0.4) is 0 Å². The Hall–Kier alpha value is -2.96. The van der Waals surface area contributed by atoms with Crippen molar-refractivity contribution >= 4 is 17.4 Å². The van der Waals surface area contributed by atoms with E-state index in [4.69, 9.17) is 5.10 Å². The number of hydrogen-bond acceptors (Lipinski definition) is 5. The summed E-state index contributed by atoms with van der Waals surface area (Å²) in [5, 5.41) is 16.5. The molecular formula is C22H28N6O. The van der Waals surface area contributed by atoms with Gasteiger partial charge in [-0.05, 0) is 44.4 Å². The molecule has 4 rings (SSSR count). The fourth-order valence-electron chi connectivity index (χ4n) is 3.82. The van der Waals surface area contributed by atoms with E-state index in [1.54, 1.807) is 0 Å². The first kappa shape index (κ1) is 19.4. The molecule has 3 heterocycles. The number of nitrogens with one attached hydrogen (secondary N) is 1. The molecule has 1 amide bonds. The minimum Gasteiger partial charge on any atom is -0.356 e. The van der Waals surface area contributed by atoms with Crippen LogP contribution in [-0.2, 0) is 4.79 Å². The van der Waals surface area contributed by atoms with Crippen molar-refractivity contribution in [3.8, 4) is 11.4 Å². The first-order valence-corrected chi connectivity index (χ1v) is 10.5. The number of carbonyl (C=O) groups is 1. The van der Waals surface area contributed by atoms with Crippen molar-refractivity contribution < 1.29 is 4.79 Å². The minimum atomic E-state index is 0.101. The van der Waals surface area contributed by atoms with Crippen LogP contribution in [0.15, 0.2) is 36.4 Å². The second kappa shape index (κ2) is 8.59. The summed E-state index contributed by atoms with van der Waals surface area (Å²) in [6.45, 7) is 6.63. The lowest BCUT2D eigenvalue weighted by molar-refractivity contribution is -0.125. The third-order valence-corrected chi connectivity index (χ3v) is 5.54. The van der Waals surface area contributed by atoms with Crippen LogP contribution in [0.5, 0.6) is 0 Å². The van der Waals surface area contributed by atoms with Gasteiger partial charge < -0.3 is 10.2 Å². The van der Waals surface area contributed by atoms with Gasteiger partial charge in [-0.3, -0.25) is 4.79 Å². The molecule has 1 saturated heterocycles. The normalized spacial score (nSPS) is 15.0. The van der Waals surface area contributed by atoms with E-state index in [-0.39, 0.29) is 11.8 Å². The van der Waals surface area contributed by atoms with Crippen molar-refractivity contribution in [2.75, 3.05) is 24.5 Å². The lowest BCUT2D eigenvalue weighted by Crippen LogP contribution is -2.41. The van der Waals surface area contributed by atoms with Crippen molar-refractivity contribution in [1.82, 2.24) is 25.1 Å². The van der Waals surface area contributed by atoms with Gasteiger partial charge in [-0.15, -0.1) is 15.3 Å². The quantitative estimate of drug-likeness (QED) is 0.652. The predicted octanol–water partition coefficient (Wildman–Crippen LogP) is 3.23. The van der Waals surface area contributed by atoms with Gasteiger partial charge in [0.05, 0.1) is 0 Å². The molecule has 2 aromatic heterocycles. The molecule has 0 unspecified atom stereocenters. The number of hydrogen-bond donors (Lipinski definition) is 1. The van der Waals surface area contributed by atoms with E-state index in [0.717, 1.165) is 68.2 Å². The molecule has 7 nitrogen and oxygen atoms in total. The number of benzene rings is 1. The van der Waals surface area contributed by atoms with E-state index in [9.17, 15) is 4.79 Å². The lowest BCUT2D eigenvalue weighted by atomic mass is 9.96. The van der Waals surface area contributed by atoms with E-state index in [1.165, 1.54) is 5.56 Å². The second-order valence-corrected chi connectivity index (χ2v) is 7.76. The number of anilines is 1. The van der Waals surface area contributed by atoms with Crippen LogP contribution >= 0.6 is 0 Å². The van der Waals surface area contributed by atoms with Crippen LogP contribution in [0.1, 0.15) is 38.2 Å². The summed E-state index contributed by atoms with van der Waals surface area (Å²) >= 11 is 0. The maximum atomic E-state index is 12.3. The number of nitrogens with zero attached hydrogens (tertiary/aromatic N) is 5. The molecular weight excluding hydrogens is 364 g/mol. The molecule has 1 aliphatic rings. The Bertz CT molecular complexity index is 990. The Morgan fingerprint density at radius 2 is 2.00 bits per heavy atom. The summed E-state index contributed by atoms with van der Waals surface area (Å²) in [5.74, 6) is 1.94. The van der Waals surface area contributed by atoms with Crippen molar-refractivity contribution in [3.63, 3.8) is 0 Å². The Morgan fingerprint density at radius 1 is 1.17 bits per heavy atom. The molecule has 1 fully saturated rings. The Labute approximate surface area is 171 Å². The van der Waals surface area contributed by atoms with Gasteiger partial charge in [0, 0.05) is 31.1 Å². The van der Waals surface area contributed by atoms with E-state index in [2.05, 4.69) is 46.4 Å². The number of amides is 1. The zero-order valence-electron chi connectivity index (χ0n) is 17.1. The van der Waals surface area contributed by atoms with Crippen LogP contribution in [0.25, 0.3) is 17.0 Å². The minimum absolute atomic E-state index is 0.101. The maximum absolute atomic E-state index is 12.3. The standard InChI is InChI=1S/C22H28N6O/c1-3-4-12-23-22(29)17-10-13-27(14-11-17)20-9-8-19-24-25-21(28(19)26-20)18-7-5-6-16(2)15-18/h5-9,15,17H,3-4,10-14H2,1-2H3,(H,23,29). The van der Waals surface area contributed by atoms with Gasteiger partial charge >= 0.3 is 0 Å². The van der Waals surface area contributed by atoms with E-state index >= 15 is 0 Å². The van der Waals surface area contributed by atoms with Gasteiger partial charge in [-0.25, -0.2) is 0 Å². The summed E-state index contributed by atoms with van der Waals surface area (Å²) in [4.78, 5) is 14.6. The third kappa shape index (κ3) is 4.23. The molecule has 0 atom stereocenters. The predicted molar refractivity (Wildman–Crippen MR) is 114 cm³/mol. The number of piperidine rings is 1. The highest BCUT2D eigenvalue weighted by molar-refractivity contribution is 5.79. The molecule has 0 saturated carbocycles. The molecule has 0 bridgehead atoms. The van der Waals surface area contributed by atoms with Gasteiger partial charge in [0.15, 0.2) is 11.5 Å². The first-order valence-electron chi connectivity index (χ1n) is 10.5. The Balaban J connectivity index is 1.48. The number of rotatable bonds is 6. The maximum Gasteiger partial charge on any atom is 0.223 e. The van der Waals surface area contributed by atoms with E-state index in [1.807, 2.05) is 28.8 Å². The summed E-state index contributed by atoms with van der Waals surface area (Å²) < 4.78 is 1.81. The highest BCUT2D eigenvalue weighted by Crippen LogP contribution is 2.24. The number of fused-ring (bicyclic) bond motifs is 1. The fraction of sp³-hybridized carbons (Fsp3) is 0.455. The van der Waals surface area contributed by atoms with Crippen molar-refractivity contribution in [2.24, 2.45) is 5.92 Å². The average Bonchev–Trinajstić information content (AvgIpc) is 3.17. The summed E-state index contributed by atoms with van der Waals surface area (Å²) in [7, 11) is 0. The number of aryl methyl sites for hydroxylation is 1. The molecule has 7 heteroatoms. The summed E-state index contributed by atoms with van der Waals surface area (Å²) in [5.41, 5.74) is 2.91. The fourth-order valence-corrected chi connectivity index (χ4v) is 3.82. The Kier molecular flexibility index (Phi) is 5.74. The van der Waals surface area contributed by atoms with Crippen molar-refractivity contribution in [3.05, 3.63) is 42.0 Å². The number of aromatic nitrogens is 4. The van der Waals surface area contributed by atoms with Crippen LogP contribution in [-0.4, -0.2) is 45.4 Å². The van der Waals surface area contributed by atoms with E-state index < -0.39 is 0 Å². The molecule has 0 spiro atoms. The zero-order chi connectivity index (χ0) is 20.2. The van der Waals surface area contributed by atoms with Gasteiger partial charge in [0.1, 0.15) is 5.82 Å². The van der Waals surface area contributed by atoms with Gasteiger partial charge in [0.2, 0.25) is 5.91 Å². The van der Waals surface area contributed by atoms with Crippen LogP contribution in [0.2, 0.25) is 0 Å². The van der Waals surface area contributed by atoms with E-state index in [0.29, 0.717) is 0 Å². The topological polar surface area (TPSA) is 75.4 Å². The highest BCUT2D eigenvalue weighted by atomic mass is 16.1. The molecule has 29 heavy (non-hydrogen) atoms. The van der Waals surface area contributed by atoms with Gasteiger partial charge in [-0.2, -0.15) is 4.52 Å².